The van der Waals surface area contributed by atoms with E-state index in [-0.39, 0.29) is 0 Å². The molecule has 0 aromatic heterocycles. The molecule has 1 N–H and O–H groups in total. The summed E-state index contributed by atoms with van der Waals surface area (Å²) in [6.45, 7) is 4.24. The third-order valence-electron chi connectivity index (χ3n) is 3.60. The van der Waals surface area contributed by atoms with E-state index in [1.54, 1.807) is 6.07 Å². The van der Waals surface area contributed by atoms with E-state index in [2.05, 4.69) is 29.1 Å². The maximum atomic E-state index is 12.6. The van der Waals surface area contributed by atoms with Crippen molar-refractivity contribution < 1.29 is 8.42 Å². The molecule has 0 saturated carbocycles. The number of unbranched alkanes of at least 4 members (excludes halogenated alkanes) is 2. The molecule has 0 heterocycles. The molecule has 119 valence electrons. The van der Waals surface area contributed by atoms with Crippen molar-refractivity contribution in [3.8, 4) is 0 Å². The number of hydrogen-bond acceptors (Lipinski definition) is 2. The molecule has 5 heteroatoms. The van der Waals surface area contributed by atoms with Crippen LogP contribution in [0.5, 0.6) is 0 Å². The van der Waals surface area contributed by atoms with Crippen LogP contribution in [0.25, 0.3) is 10.8 Å². The molecule has 1 radical (unpaired) electrons. The summed E-state index contributed by atoms with van der Waals surface area (Å²) in [7, 11) is -3.46. The minimum atomic E-state index is -3.46. The van der Waals surface area contributed by atoms with Crippen molar-refractivity contribution in [3.63, 3.8) is 0 Å². The zero-order chi connectivity index (χ0) is 16.2. The third kappa shape index (κ3) is 3.92. The molecular weight excluding hydrogens is 357 g/mol. The van der Waals surface area contributed by atoms with Crippen molar-refractivity contribution in [1.82, 2.24) is 4.72 Å². The molecule has 0 atom stereocenters. The summed E-state index contributed by atoms with van der Waals surface area (Å²) in [6, 6.07) is 11.6. The summed E-state index contributed by atoms with van der Waals surface area (Å²) in [4.78, 5) is 0.386. The summed E-state index contributed by atoms with van der Waals surface area (Å²) in [5, 5.41) is 1.90. The van der Waals surface area contributed by atoms with Crippen LogP contribution < -0.4 is 9.07 Å². The molecule has 22 heavy (non-hydrogen) atoms. The first-order chi connectivity index (χ1) is 10.5. The Balaban J connectivity index is 2.41. The van der Waals surface area contributed by atoms with Gasteiger partial charge in [-0.3, -0.25) is 0 Å². The fraction of sp³-hybridized carbons (Fsp3) is 0.353. The van der Waals surface area contributed by atoms with E-state index in [1.165, 1.54) is 4.35 Å². The second kappa shape index (κ2) is 7.63. The van der Waals surface area contributed by atoms with E-state index >= 15 is 0 Å². The summed E-state index contributed by atoms with van der Waals surface area (Å²) in [6.07, 6.45) is 2.58. The van der Waals surface area contributed by atoms with Crippen LogP contribution in [0.15, 0.2) is 41.3 Å². The molecule has 0 aliphatic carbocycles. The molecule has 0 fully saturated rings. The van der Waals surface area contributed by atoms with Gasteiger partial charge >= 0.3 is 138 Å². The number of fused-ring (bicyclic) bond motifs is 1. The standard InChI is InChI=1S/C17H23AsNO2S/c1-4-5-6-13-19-22(20,21)17-12-8-9-14-15(17)10-7-11-16(14)18(2)3/h7-12,19H,1,4-6,13H2,2-3H3. The first kappa shape index (κ1) is 17.5. The molecule has 0 amide bonds. The van der Waals surface area contributed by atoms with Crippen LogP contribution in [0.1, 0.15) is 19.3 Å². The number of hydrogen-bond donors (Lipinski definition) is 1. The van der Waals surface area contributed by atoms with Gasteiger partial charge in [-0.15, -0.1) is 0 Å². The van der Waals surface area contributed by atoms with E-state index in [9.17, 15) is 8.42 Å². The summed E-state index contributed by atoms with van der Waals surface area (Å²) in [5.41, 5.74) is 4.53. The van der Waals surface area contributed by atoms with Crippen LogP contribution >= 0.6 is 0 Å². The number of benzene rings is 2. The second-order valence-corrected chi connectivity index (χ2v) is 12.0. The van der Waals surface area contributed by atoms with Gasteiger partial charge in [-0.05, 0) is 0 Å². The average molecular weight is 380 g/mol. The Morgan fingerprint density at radius 2 is 1.73 bits per heavy atom. The van der Waals surface area contributed by atoms with Gasteiger partial charge in [0.15, 0.2) is 0 Å². The molecule has 2 aromatic rings. The van der Waals surface area contributed by atoms with E-state index in [0.29, 0.717) is 11.4 Å². The predicted molar refractivity (Wildman–Crippen MR) is 95.5 cm³/mol. The van der Waals surface area contributed by atoms with E-state index in [1.807, 2.05) is 24.3 Å². The minimum absolute atomic E-state index is 0.386. The van der Waals surface area contributed by atoms with Crippen LogP contribution in [0.2, 0.25) is 11.4 Å². The zero-order valence-corrected chi connectivity index (χ0v) is 15.9. The Kier molecular flexibility index (Phi) is 6.08. The van der Waals surface area contributed by atoms with Crippen molar-refractivity contribution in [1.29, 1.82) is 0 Å². The quantitative estimate of drug-likeness (QED) is 0.593. The molecule has 0 aliphatic rings. The van der Waals surface area contributed by atoms with Crippen molar-refractivity contribution in [2.45, 2.75) is 35.6 Å². The van der Waals surface area contributed by atoms with Crippen LogP contribution in [0, 0.1) is 6.92 Å². The summed E-state index contributed by atoms with van der Waals surface area (Å²) in [5.74, 6) is 0. The Hall–Kier alpha value is -0.832. The summed E-state index contributed by atoms with van der Waals surface area (Å²) < 4.78 is 29.2. The van der Waals surface area contributed by atoms with Gasteiger partial charge in [0, 0.05) is 0 Å². The molecule has 0 bridgehead atoms. The van der Waals surface area contributed by atoms with Crippen LogP contribution in [0.4, 0.5) is 0 Å². The molecule has 0 unspecified atom stereocenters. The van der Waals surface area contributed by atoms with Gasteiger partial charge in [0.2, 0.25) is 0 Å². The topological polar surface area (TPSA) is 46.2 Å². The van der Waals surface area contributed by atoms with Crippen LogP contribution in [0.3, 0.4) is 0 Å². The second-order valence-electron chi connectivity index (χ2n) is 5.48. The predicted octanol–water partition coefficient (Wildman–Crippen LogP) is 3.08. The average Bonchev–Trinajstić information content (AvgIpc) is 2.50. The van der Waals surface area contributed by atoms with Gasteiger partial charge in [0.25, 0.3) is 0 Å². The van der Waals surface area contributed by atoms with Crippen LogP contribution in [-0.2, 0) is 10.0 Å². The molecular formula is C17H23AsNO2S. The Labute approximate surface area is 138 Å². The van der Waals surface area contributed by atoms with Crippen molar-refractivity contribution in [2.75, 3.05) is 6.54 Å². The van der Waals surface area contributed by atoms with Crippen molar-refractivity contribution in [3.05, 3.63) is 43.3 Å². The molecule has 0 aliphatic heterocycles. The number of nitrogens with one attached hydrogen (secondary N) is 1. The fourth-order valence-corrected chi connectivity index (χ4v) is 5.99. The Morgan fingerprint density at radius 3 is 2.41 bits per heavy atom. The molecule has 3 nitrogen and oxygen atoms in total. The zero-order valence-electron chi connectivity index (χ0n) is 13.2. The van der Waals surface area contributed by atoms with Gasteiger partial charge < -0.3 is 0 Å². The van der Waals surface area contributed by atoms with Crippen LogP contribution in [-0.4, -0.2) is 29.6 Å². The van der Waals surface area contributed by atoms with E-state index in [0.717, 1.165) is 30.0 Å². The Bertz CT molecular complexity index is 741. The van der Waals surface area contributed by atoms with E-state index in [4.69, 9.17) is 0 Å². The first-order valence-electron chi connectivity index (χ1n) is 7.45. The van der Waals surface area contributed by atoms with Gasteiger partial charge in [-0.25, -0.2) is 0 Å². The monoisotopic (exact) mass is 380 g/mol. The fourth-order valence-electron chi connectivity index (χ4n) is 2.47. The normalized spacial score (nSPS) is 12.2. The molecule has 2 aromatic carbocycles. The Morgan fingerprint density at radius 1 is 1.05 bits per heavy atom. The molecule has 0 spiro atoms. The summed E-state index contributed by atoms with van der Waals surface area (Å²) >= 11 is -1.08. The first-order valence-corrected chi connectivity index (χ1v) is 13.6. The third-order valence-corrected chi connectivity index (χ3v) is 7.96. The van der Waals surface area contributed by atoms with Crippen molar-refractivity contribution >= 4 is 39.8 Å². The van der Waals surface area contributed by atoms with Gasteiger partial charge in [0.1, 0.15) is 0 Å². The molecule has 0 saturated heterocycles. The number of rotatable bonds is 7. The maximum absolute atomic E-state index is 12.6. The van der Waals surface area contributed by atoms with Crippen molar-refractivity contribution in [2.24, 2.45) is 0 Å². The van der Waals surface area contributed by atoms with Gasteiger partial charge in [-0.1, -0.05) is 0 Å². The van der Waals surface area contributed by atoms with Gasteiger partial charge in [-0.2, -0.15) is 0 Å². The number of sulfonamides is 1. The van der Waals surface area contributed by atoms with E-state index < -0.39 is 24.7 Å². The van der Waals surface area contributed by atoms with Gasteiger partial charge in [0.05, 0.1) is 0 Å². The SMILES string of the molecule is [CH2]CCCCNS(=O)(=O)c1cccc2c([As](C)C)cccc12. The molecule has 2 rings (SSSR count).